The summed E-state index contributed by atoms with van der Waals surface area (Å²) in [5.74, 6) is -1.53. The zero-order chi connectivity index (χ0) is 19.8. The van der Waals surface area contributed by atoms with Crippen LogP contribution in [0.1, 0.15) is 24.4 Å². The molecule has 0 spiro atoms. The lowest BCUT2D eigenvalue weighted by Gasteiger charge is -2.13. The number of carbonyl (C=O) groups excluding carboxylic acids is 2. The summed E-state index contributed by atoms with van der Waals surface area (Å²) in [4.78, 5) is 33.4. The topological polar surface area (TPSA) is 130 Å². The molecule has 144 valence electrons. The first kappa shape index (κ1) is 19.8. The molecule has 0 aliphatic rings. The Morgan fingerprint density at radius 2 is 1.81 bits per heavy atom. The molecule has 0 saturated heterocycles. The van der Waals surface area contributed by atoms with Gasteiger partial charge in [-0.1, -0.05) is 0 Å². The van der Waals surface area contributed by atoms with Crippen molar-refractivity contribution in [3.05, 3.63) is 46.2 Å². The number of amides is 1. The molecular formula is C17H18N2O8. The molecule has 0 unspecified atom stereocenters. The highest BCUT2D eigenvalue weighted by atomic mass is 16.7. The first-order chi connectivity index (χ1) is 12.9. The molecule has 0 aliphatic heterocycles. The summed E-state index contributed by atoms with van der Waals surface area (Å²) in [6, 6.07) is 6.97. The van der Waals surface area contributed by atoms with Gasteiger partial charge in [-0.2, -0.15) is 0 Å². The largest absolute Gasteiger partial charge is 0.490 e. The quantitative estimate of drug-likeness (QED) is 0.400. The molecule has 0 bridgehead atoms. The highest BCUT2D eigenvalue weighted by Gasteiger charge is 2.19. The molecule has 0 atom stereocenters. The van der Waals surface area contributed by atoms with E-state index < -0.39 is 29.3 Å². The molecule has 0 radical (unpaired) electrons. The fourth-order valence-corrected chi connectivity index (χ4v) is 2.06. The Hall–Kier alpha value is -3.56. The first-order valence-electron chi connectivity index (χ1n) is 8.05. The van der Waals surface area contributed by atoms with E-state index in [9.17, 15) is 19.7 Å². The summed E-state index contributed by atoms with van der Waals surface area (Å²) in [6.45, 7) is 3.95. The molecule has 0 aliphatic carbocycles. The van der Waals surface area contributed by atoms with Crippen molar-refractivity contribution < 1.29 is 33.1 Å². The van der Waals surface area contributed by atoms with E-state index in [0.29, 0.717) is 30.4 Å². The van der Waals surface area contributed by atoms with E-state index in [1.54, 1.807) is 18.2 Å². The van der Waals surface area contributed by atoms with Crippen molar-refractivity contribution >= 4 is 23.4 Å². The van der Waals surface area contributed by atoms with Crippen LogP contribution < -0.4 is 14.8 Å². The number of hydrogen-bond donors (Lipinski definition) is 1. The third-order valence-corrected chi connectivity index (χ3v) is 3.13. The van der Waals surface area contributed by atoms with Crippen LogP contribution in [-0.2, 0) is 9.53 Å². The maximum atomic E-state index is 11.9. The van der Waals surface area contributed by atoms with Crippen LogP contribution in [0.25, 0.3) is 0 Å². The van der Waals surface area contributed by atoms with E-state index in [2.05, 4.69) is 5.32 Å². The molecule has 1 aromatic heterocycles. The minimum Gasteiger partial charge on any atom is -0.490 e. The van der Waals surface area contributed by atoms with Gasteiger partial charge >= 0.3 is 11.9 Å². The van der Waals surface area contributed by atoms with Gasteiger partial charge in [-0.3, -0.25) is 14.9 Å². The molecule has 1 aromatic carbocycles. The number of nitrogens with one attached hydrogen (secondary N) is 1. The van der Waals surface area contributed by atoms with Crippen LogP contribution >= 0.6 is 0 Å². The maximum absolute atomic E-state index is 11.9. The molecule has 0 saturated carbocycles. The van der Waals surface area contributed by atoms with Gasteiger partial charge in [0.05, 0.1) is 19.3 Å². The second kappa shape index (κ2) is 9.22. The molecule has 1 amide bonds. The molecule has 27 heavy (non-hydrogen) atoms. The number of ether oxygens (including phenoxy) is 3. The fourth-order valence-electron chi connectivity index (χ4n) is 2.06. The van der Waals surface area contributed by atoms with Gasteiger partial charge in [-0.15, -0.1) is 0 Å². The van der Waals surface area contributed by atoms with Crippen LogP contribution in [0.3, 0.4) is 0 Å². The number of nitrogens with zero attached hydrogens (tertiary/aromatic N) is 1. The SMILES string of the molecule is CCOc1ccc(NC(=O)COC(=O)c2ccc([N+](=O)[O-])o2)cc1OCC. The summed E-state index contributed by atoms with van der Waals surface area (Å²) in [6.07, 6.45) is 0. The Kier molecular flexibility index (Phi) is 6.75. The lowest BCUT2D eigenvalue weighted by atomic mass is 10.2. The van der Waals surface area contributed by atoms with Gasteiger partial charge in [0.25, 0.3) is 5.91 Å². The van der Waals surface area contributed by atoms with Crippen LogP contribution in [-0.4, -0.2) is 36.6 Å². The van der Waals surface area contributed by atoms with Gasteiger partial charge < -0.3 is 23.9 Å². The van der Waals surface area contributed by atoms with Crippen molar-refractivity contribution in [1.29, 1.82) is 0 Å². The summed E-state index contributed by atoms with van der Waals surface area (Å²) < 4.78 is 20.4. The van der Waals surface area contributed by atoms with Crippen LogP contribution in [0.15, 0.2) is 34.7 Å². The van der Waals surface area contributed by atoms with Gasteiger partial charge in [0, 0.05) is 11.8 Å². The van der Waals surface area contributed by atoms with E-state index in [1.165, 1.54) is 0 Å². The molecule has 10 heteroatoms. The normalized spacial score (nSPS) is 10.1. The van der Waals surface area contributed by atoms with Crippen molar-refractivity contribution in [1.82, 2.24) is 0 Å². The summed E-state index contributed by atoms with van der Waals surface area (Å²) in [7, 11) is 0. The molecule has 10 nitrogen and oxygen atoms in total. The van der Waals surface area contributed by atoms with Gasteiger partial charge in [0.1, 0.15) is 4.92 Å². The molecule has 0 fully saturated rings. The number of benzene rings is 1. The molecule has 1 heterocycles. The van der Waals surface area contributed by atoms with Crippen LogP contribution in [0.5, 0.6) is 11.5 Å². The fraction of sp³-hybridized carbons (Fsp3) is 0.294. The van der Waals surface area contributed by atoms with E-state index in [1.807, 2.05) is 13.8 Å². The minimum atomic E-state index is -0.986. The van der Waals surface area contributed by atoms with E-state index in [4.69, 9.17) is 18.6 Å². The number of esters is 1. The Balaban J connectivity index is 1.93. The molecular weight excluding hydrogens is 360 g/mol. The second-order valence-corrected chi connectivity index (χ2v) is 5.05. The van der Waals surface area contributed by atoms with Gasteiger partial charge in [-0.05, 0) is 32.0 Å². The van der Waals surface area contributed by atoms with Crippen LogP contribution in [0.4, 0.5) is 11.6 Å². The second-order valence-electron chi connectivity index (χ2n) is 5.05. The number of rotatable bonds is 9. The van der Waals surface area contributed by atoms with Crippen LogP contribution in [0.2, 0.25) is 0 Å². The van der Waals surface area contributed by atoms with Gasteiger partial charge in [0.2, 0.25) is 5.76 Å². The summed E-state index contributed by atoms with van der Waals surface area (Å²) in [5.41, 5.74) is 0.427. The predicted molar refractivity (Wildman–Crippen MR) is 93.1 cm³/mol. The van der Waals surface area contributed by atoms with Gasteiger partial charge in [0.15, 0.2) is 18.1 Å². The number of anilines is 1. The Morgan fingerprint density at radius 3 is 2.44 bits per heavy atom. The van der Waals surface area contributed by atoms with E-state index >= 15 is 0 Å². The zero-order valence-corrected chi connectivity index (χ0v) is 14.7. The Bertz CT molecular complexity index is 830. The summed E-state index contributed by atoms with van der Waals surface area (Å²) in [5, 5.41) is 13.1. The molecule has 2 aromatic rings. The third kappa shape index (κ3) is 5.46. The highest BCUT2D eigenvalue weighted by Crippen LogP contribution is 2.30. The van der Waals surface area contributed by atoms with Gasteiger partial charge in [-0.25, -0.2) is 4.79 Å². The first-order valence-corrected chi connectivity index (χ1v) is 8.05. The van der Waals surface area contributed by atoms with E-state index in [0.717, 1.165) is 12.1 Å². The number of carbonyl (C=O) groups is 2. The average molecular weight is 378 g/mol. The molecule has 2 rings (SSSR count). The Labute approximate surface area is 154 Å². The standard InChI is InChI=1S/C17H18N2O8/c1-3-24-12-6-5-11(9-14(12)25-4-2)18-15(20)10-26-17(21)13-7-8-16(27-13)19(22)23/h5-9H,3-4,10H2,1-2H3,(H,18,20). The van der Waals surface area contributed by atoms with Crippen molar-refractivity contribution in [2.75, 3.05) is 25.1 Å². The number of hydrogen-bond acceptors (Lipinski definition) is 8. The number of furan rings is 1. The van der Waals surface area contributed by atoms with E-state index in [-0.39, 0.29) is 5.76 Å². The van der Waals surface area contributed by atoms with Crippen molar-refractivity contribution in [3.63, 3.8) is 0 Å². The predicted octanol–water partition coefficient (Wildman–Crippen LogP) is 2.78. The monoisotopic (exact) mass is 378 g/mol. The maximum Gasteiger partial charge on any atom is 0.433 e. The van der Waals surface area contributed by atoms with Crippen molar-refractivity contribution in [2.45, 2.75) is 13.8 Å². The number of nitro groups is 1. The third-order valence-electron chi connectivity index (χ3n) is 3.13. The highest BCUT2D eigenvalue weighted by molar-refractivity contribution is 5.94. The Morgan fingerprint density at radius 1 is 1.11 bits per heavy atom. The molecule has 1 N–H and O–H groups in total. The lowest BCUT2D eigenvalue weighted by molar-refractivity contribution is -0.402. The zero-order valence-electron chi connectivity index (χ0n) is 14.7. The van der Waals surface area contributed by atoms with Crippen molar-refractivity contribution in [2.24, 2.45) is 0 Å². The minimum absolute atomic E-state index is 0.366. The van der Waals surface area contributed by atoms with Crippen molar-refractivity contribution in [3.8, 4) is 11.5 Å². The summed E-state index contributed by atoms with van der Waals surface area (Å²) >= 11 is 0. The van der Waals surface area contributed by atoms with Crippen LogP contribution in [0, 0.1) is 10.1 Å². The smallest absolute Gasteiger partial charge is 0.433 e. The lowest BCUT2D eigenvalue weighted by Crippen LogP contribution is -2.20. The average Bonchev–Trinajstić information content (AvgIpc) is 3.13.